The van der Waals surface area contributed by atoms with Gasteiger partial charge in [0.1, 0.15) is 12.2 Å². The van der Waals surface area contributed by atoms with Crippen LogP contribution in [0.15, 0.2) is 23.0 Å². The van der Waals surface area contributed by atoms with Gasteiger partial charge in [-0.3, -0.25) is 9.48 Å². The molecule has 0 spiro atoms. The third-order valence-corrected chi connectivity index (χ3v) is 1.89. The van der Waals surface area contributed by atoms with E-state index in [4.69, 9.17) is 10.3 Å². The summed E-state index contributed by atoms with van der Waals surface area (Å²) in [7, 11) is 0. The largest absolute Gasteiger partial charge is 0.396 e. The van der Waals surface area contributed by atoms with E-state index in [9.17, 15) is 4.79 Å². The van der Waals surface area contributed by atoms with Crippen molar-refractivity contribution in [2.75, 3.05) is 5.73 Å². The Hall–Kier alpha value is -2.11. The van der Waals surface area contributed by atoms with Crippen molar-refractivity contribution in [3.8, 4) is 0 Å². The highest BCUT2D eigenvalue weighted by atomic mass is 16.5. The van der Waals surface area contributed by atoms with Crippen LogP contribution in [-0.2, 0) is 6.54 Å². The Kier molecular flexibility index (Phi) is 2.24. The molecule has 78 valence electrons. The first-order valence-electron chi connectivity index (χ1n) is 4.39. The van der Waals surface area contributed by atoms with Crippen LogP contribution in [-0.4, -0.2) is 20.7 Å². The van der Waals surface area contributed by atoms with E-state index in [-0.39, 0.29) is 5.78 Å². The van der Waals surface area contributed by atoms with Crippen LogP contribution >= 0.6 is 0 Å². The number of anilines is 1. The van der Waals surface area contributed by atoms with Crippen LogP contribution in [0.3, 0.4) is 0 Å². The highest BCUT2D eigenvalue weighted by Crippen LogP contribution is 2.07. The molecule has 0 saturated heterocycles. The minimum Gasteiger partial charge on any atom is -0.396 e. The fourth-order valence-electron chi connectivity index (χ4n) is 1.18. The lowest BCUT2D eigenvalue weighted by atomic mass is 10.3. The van der Waals surface area contributed by atoms with Gasteiger partial charge in [-0.2, -0.15) is 5.10 Å². The smallest absolute Gasteiger partial charge is 0.181 e. The number of hydrogen-bond donors (Lipinski definition) is 1. The van der Waals surface area contributed by atoms with E-state index >= 15 is 0 Å². The number of nitrogen functional groups attached to an aromatic ring is 1. The van der Waals surface area contributed by atoms with Crippen molar-refractivity contribution in [3.63, 3.8) is 0 Å². The summed E-state index contributed by atoms with van der Waals surface area (Å²) in [5.74, 6) is 0.452. The lowest BCUT2D eigenvalue weighted by Gasteiger charge is -1.94. The summed E-state index contributed by atoms with van der Waals surface area (Å²) in [6, 6.07) is 1.60. The van der Waals surface area contributed by atoms with E-state index in [0.717, 1.165) is 0 Å². The second kappa shape index (κ2) is 3.56. The fourth-order valence-corrected chi connectivity index (χ4v) is 1.18. The minimum absolute atomic E-state index is 0.120. The molecule has 15 heavy (non-hydrogen) atoms. The molecule has 2 heterocycles. The average molecular weight is 206 g/mol. The predicted octanol–water partition coefficient (Wildman–Crippen LogP) is 0.704. The molecule has 0 bridgehead atoms. The van der Waals surface area contributed by atoms with Crippen LogP contribution < -0.4 is 5.73 Å². The Bertz CT molecular complexity index is 486. The molecule has 0 atom stereocenters. The van der Waals surface area contributed by atoms with Crippen molar-refractivity contribution >= 4 is 11.5 Å². The molecule has 0 saturated carbocycles. The number of carbonyl (C=O) groups is 1. The number of hydrogen-bond acceptors (Lipinski definition) is 5. The SMILES string of the molecule is CC(=O)c1cc(Cn2cc(N)cn2)on1. The molecule has 6 nitrogen and oxygen atoms in total. The average Bonchev–Trinajstić information content (AvgIpc) is 2.76. The third kappa shape index (κ3) is 2.04. The van der Waals surface area contributed by atoms with Gasteiger partial charge in [-0.1, -0.05) is 5.16 Å². The molecule has 2 rings (SSSR count). The monoisotopic (exact) mass is 206 g/mol. The first-order valence-corrected chi connectivity index (χ1v) is 4.39. The topological polar surface area (TPSA) is 86.9 Å². The van der Waals surface area contributed by atoms with Crippen LogP contribution in [0.4, 0.5) is 5.69 Å². The quantitative estimate of drug-likeness (QED) is 0.747. The van der Waals surface area contributed by atoms with Crippen LogP contribution in [0.1, 0.15) is 23.2 Å². The summed E-state index contributed by atoms with van der Waals surface area (Å²) in [4.78, 5) is 11.0. The van der Waals surface area contributed by atoms with Gasteiger partial charge >= 0.3 is 0 Å². The number of nitrogens with zero attached hydrogens (tertiary/aromatic N) is 3. The normalized spacial score (nSPS) is 10.5. The fraction of sp³-hybridized carbons (Fsp3) is 0.222. The lowest BCUT2D eigenvalue weighted by molar-refractivity contribution is 0.100. The molecule has 2 aromatic rings. The predicted molar refractivity (Wildman–Crippen MR) is 52.2 cm³/mol. The maximum absolute atomic E-state index is 11.0. The molecule has 0 amide bonds. The zero-order chi connectivity index (χ0) is 10.8. The first-order chi connectivity index (χ1) is 7.15. The number of nitrogens with two attached hydrogens (primary N) is 1. The maximum Gasteiger partial charge on any atom is 0.181 e. The Morgan fingerprint density at radius 1 is 1.67 bits per heavy atom. The van der Waals surface area contributed by atoms with Crippen molar-refractivity contribution in [3.05, 3.63) is 29.9 Å². The molecule has 0 aromatic carbocycles. The van der Waals surface area contributed by atoms with Gasteiger partial charge in [0.25, 0.3) is 0 Å². The van der Waals surface area contributed by atoms with Crippen molar-refractivity contribution < 1.29 is 9.32 Å². The summed E-state index contributed by atoms with van der Waals surface area (Å²) in [6.07, 6.45) is 3.22. The van der Waals surface area contributed by atoms with E-state index in [1.165, 1.54) is 6.92 Å². The van der Waals surface area contributed by atoms with Crippen LogP contribution in [0, 0.1) is 0 Å². The second-order valence-electron chi connectivity index (χ2n) is 3.21. The highest BCUT2D eigenvalue weighted by Gasteiger charge is 2.08. The van der Waals surface area contributed by atoms with Crippen molar-refractivity contribution in [2.45, 2.75) is 13.5 Å². The number of aromatic nitrogens is 3. The molecule has 0 aliphatic heterocycles. The molecule has 0 radical (unpaired) electrons. The molecule has 2 N–H and O–H groups in total. The number of carbonyl (C=O) groups excluding carboxylic acids is 1. The van der Waals surface area contributed by atoms with Gasteiger partial charge in [0, 0.05) is 19.2 Å². The molecule has 0 aliphatic rings. The van der Waals surface area contributed by atoms with Gasteiger partial charge in [0.2, 0.25) is 0 Å². The first kappa shape index (κ1) is 9.45. The summed E-state index contributed by atoms with van der Waals surface area (Å²) in [5, 5.41) is 7.61. The Balaban J connectivity index is 2.14. The van der Waals surface area contributed by atoms with Crippen LogP contribution in [0.2, 0.25) is 0 Å². The van der Waals surface area contributed by atoms with Crippen molar-refractivity contribution in [2.24, 2.45) is 0 Å². The summed E-state index contributed by atoms with van der Waals surface area (Å²) in [5.41, 5.74) is 6.41. The molecular formula is C9H10N4O2. The summed E-state index contributed by atoms with van der Waals surface area (Å²) in [6.45, 7) is 1.85. The molecule has 0 unspecified atom stereocenters. The molecule has 0 fully saturated rings. The van der Waals surface area contributed by atoms with E-state index in [2.05, 4.69) is 10.3 Å². The van der Waals surface area contributed by atoms with Gasteiger partial charge in [-0.25, -0.2) is 0 Å². The zero-order valence-electron chi connectivity index (χ0n) is 8.17. The highest BCUT2D eigenvalue weighted by molar-refractivity contribution is 5.91. The minimum atomic E-state index is -0.120. The number of Topliss-reactive ketones (excluding diaryl/α,β-unsaturated/α-hetero) is 1. The molecule has 6 heteroatoms. The Labute approximate surface area is 85.7 Å². The van der Waals surface area contributed by atoms with Gasteiger partial charge in [0.15, 0.2) is 11.5 Å². The van der Waals surface area contributed by atoms with E-state index in [1.54, 1.807) is 23.1 Å². The van der Waals surface area contributed by atoms with E-state index in [0.29, 0.717) is 23.7 Å². The van der Waals surface area contributed by atoms with E-state index in [1.807, 2.05) is 0 Å². The van der Waals surface area contributed by atoms with Crippen molar-refractivity contribution in [1.29, 1.82) is 0 Å². The standard InChI is InChI=1S/C9H10N4O2/c1-6(14)9-2-8(15-12-9)5-13-4-7(10)3-11-13/h2-4H,5,10H2,1H3. The number of rotatable bonds is 3. The maximum atomic E-state index is 11.0. The van der Waals surface area contributed by atoms with Gasteiger partial charge < -0.3 is 10.3 Å². The molecule has 0 aliphatic carbocycles. The summed E-state index contributed by atoms with van der Waals surface area (Å²) < 4.78 is 6.58. The van der Waals surface area contributed by atoms with Gasteiger partial charge in [0.05, 0.1) is 11.9 Å². The zero-order valence-corrected chi connectivity index (χ0v) is 8.17. The third-order valence-electron chi connectivity index (χ3n) is 1.89. The Morgan fingerprint density at radius 3 is 3.00 bits per heavy atom. The van der Waals surface area contributed by atoms with Gasteiger partial charge in [-0.05, 0) is 0 Å². The van der Waals surface area contributed by atoms with Gasteiger partial charge in [-0.15, -0.1) is 0 Å². The van der Waals surface area contributed by atoms with Crippen LogP contribution in [0.25, 0.3) is 0 Å². The molecule has 2 aromatic heterocycles. The number of ketones is 1. The summed E-state index contributed by atoms with van der Waals surface area (Å²) >= 11 is 0. The van der Waals surface area contributed by atoms with E-state index < -0.39 is 0 Å². The molecular weight excluding hydrogens is 196 g/mol. The Morgan fingerprint density at radius 2 is 2.47 bits per heavy atom. The second-order valence-corrected chi connectivity index (χ2v) is 3.21. The lowest BCUT2D eigenvalue weighted by Crippen LogP contribution is -1.98. The van der Waals surface area contributed by atoms with Crippen molar-refractivity contribution in [1.82, 2.24) is 14.9 Å². The van der Waals surface area contributed by atoms with Crippen LogP contribution in [0.5, 0.6) is 0 Å².